The zero-order valence-corrected chi connectivity index (χ0v) is 12.4. The first-order valence-electron chi connectivity index (χ1n) is 4.71. The third-order valence-electron chi connectivity index (χ3n) is 2.25. The fourth-order valence-electron chi connectivity index (χ4n) is 1.49. The number of pyridine rings is 1. The maximum absolute atomic E-state index is 5.62. The molecule has 0 bridgehead atoms. The fraction of sp³-hybridized carbons (Fsp3) is 0. The Morgan fingerprint density at radius 2 is 2.06 bits per heavy atom. The number of imidazole rings is 1. The van der Waals surface area contributed by atoms with Crippen molar-refractivity contribution in [1.29, 1.82) is 0 Å². The molecule has 86 valence electrons. The van der Waals surface area contributed by atoms with Gasteiger partial charge in [0.2, 0.25) is 0 Å². The van der Waals surface area contributed by atoms with E-state index in [-0.39, 0.29) is 0 Å². The number of aromatic amines is 1. The van der Waals surface area contributed by atoms with E-state index in [4.69, 9.17) is 5.73 Å². The number of hydrogen-bond donors (Lipinski definition) is 2. The summed E-state index contributed by atoms with van der Waals surface area (Å²) < 4.78 is 2.06. The van der Waals surface area contributed by atoms with E-state index in [0.717, 1.165) is 24.5 Å². The van der Waals surface area contributed by atoms with Crippen LogP contribution in [0.25, 0.3) is 21.9 Å². The average Bonchev–Trinajstić information content (AvgIpc) is 2.83. The molecule has 0 fully saturated rings. The van der Waals surface area contributed by atoms with Crippen molar-refractivity contribution in [3.05, 3.63) is 26.5 Å². The first-order chi connectivity index (χ1) is 8.13. The maximum atomic E-state index is 5.62. The number of rotatable bonds is 1. The Kier molecular flexibility index (Phi) is 2.68. The van der Waals surface area contributed by atoms with E-state index in [0.29, 0.717) is 11.5 Å². The molecule has 0 aliphatic rings. The van der Waals surface area contributed by atoms with Gasteiger partial charge < -0.3 is 10.7 Å². The zero-order valence-electron chi connectivity index (χ0n) is 8.37. The van der Waals surface area contributed by atoms with Crippen LogP contribution in [0.4, 0.5) is 5.82 Å². The summed E-state index contributed by atoms with van der Waals surface area (Å²) in [4.78, 5) is 12.8. The van der Waals surface area contributed by atoms with Crippen LogP contribution in [0, 0.1) is 0 Å². The summed E-state index contributed by atoms with van der Waals surface area (Å²) in [5, 5.41) is 0. The lowest BCUT2D eigenvalue weighted by Crippen LogP contribution is -1.88. The molecule has 0 radical (unpaired) electrons. The largest absolute Gasteiger partial charge is 0.384 e. The molecular formula is C10H6Br2N4S. The molecule has 4 nitrogen and oxygen atoms in total. The van der Waals surface area contributed by atoms with Gasteiger partial charge in [0.1, 0.15) is 5.82 Å². The molecule has 3 heterocycles. The predicted octanol–water partition coefficient (Wildman–Crippen LogP) is 3.79. The summed E-state index contributed by atoms with van der Waals surface area (Å²) in [6.07, 6.45) is 0. The Morgan fingerprint density at radius 3 is 2.76 bits per heavy atom. The molecule has 17 heavy (non-hydrogen) atoms. The molecular weight excluding hydrogens is 368 g/mol. The molecule has 0 amide bonds. The summed E-state index contributed by atoms with van der Waals surface area (Å²) >= 11 is 8.52. The van der Waals surface area contributed by atoms with Gasteiger partial charge in [0, 0.05) is 4.47 Å². The standard InChI is InChI=1S/C10H6Br2N4S/c11-4-3-6(17-8(4)12)10-14-5-1-2-7(13)15-9(5)16-10/h1-3H,(H3,13,14,15,16). The van der Waals surface area contributed by atoms with Gasteiger partial charge in [-0.2, -0.15) is 0 Å². The summed E-state index contributed by atoms with van der Waals surface area (Å²) in [5.41, 5.74) is 7.15. The Labute approximate surface area is 118 Å². The molecule has 3 rings (SSSR count). The number of thiophene rings is 1. The minimum Gasteiger partial charge on any atom is -0.384 e. The smallest absolute Gasteiger partial charge is 0.180 e. The number of H-pyrrole nitrogens is 1. The van der Waals surface area contributed by atoms with Crippen molar-refractivity contribution >= 4 is 60.2 Å². The van der Waals surface area contributed by atoms with Crippen LogP contribution < -0.4 is 5.73 Å². The number of nitrogens with one attached hydrogen (secondary N) is 1. The lowest BCUT2D eigenvalue weighted by atomic mass is 10.4. The SMILES string of the molecule is Nc1ccc2[nH]c(-c3cc(Br)c(Br)s3)nc2n1. The normalized spacial score (nSPS) is 11.2. The molecule has 0 aliphatic heterocycles. The van der Waals surface area contributed by atoms with Crippen molar-refractivity contribution in [2.75, 3.05) is 5.73 Å². The van der Waals surface area contributed by atoms with Gasteiger partial charge in [-0.1, -0.05) is 0 Å². The molecule has 0 saturated heterocycles. The number of nitrogens with zero attached hydrogens (tertiary/aromatic N) is 2. The van der Waals surface area contributed by atoms with Crippen LogP contribution in [-0.4, -0.2) is 15.0 Å². The van der Waals surface area contributed by atoms with E-state index in [1.807, 2.05) is 12.1 Å². The number of anilines is 1. The van der Waals surface area contributed by atoms with Crippen molar-refractivity contribution in [3.8, 4) is 10.7 Å². The number of hydrogen-bond acceptors (Lipinski definition) is 4. The van der Waals surface area contributed by atoms with Gasteiger partial charge in [-0.25, -0.2) is 9.97 Å². The van der Waals surface area contributed by atoms with Crippen LogP contribution in [0.5, 0.6) is 0 Å². The Hall–Kier alpha value is -0.920. The van der Waals surface area contributed by atoms with Crippen LogP contribution in [0.1, 0.15) is 0 Å². The average molecular weight is 374 g/mol. The third-order valence-corrected chi connectivity index (χ3v) is 5.51. The van der Waals surface area contributed by atoms with Crippen LogP contribution >= 0.6 is 43.2 Å². The molecule has 0 aromatic carbocycles. The van der Waals surface area contributed by atoms with E-state index < -0.39 is 0 Å². The minimum absolute atomic E-state index is 0.476. The van der Waals surface area contributed by atoms with Gasteiger partial charge in [-0.05, 0) is 50.1 Å². The van der Waals surface area contributed by atoms with E-state index in [2.05, 4.69) is 46.8 Å². The summed E-state index contributed by atoms with van der Waals surface area (Å²) in [5.74, 6) is 1.28. The lowest BCUT2D eigenvalue weighted by molar-refractivity contribution is 1.32. The van der Waals surface area contributed by atoms with Gasteiger partial charge in [0.05, 0.1) is 14.2 Å². The highest BCUT2D eigenvalue weighted by Gasteiger charge is 2.11. The van der Waals surface area contributed by atoms with Crippen LogP contribution in [-0.2, 0) is 0 Å². The first kappa shape index (κ1) is 11.2. The van der Waals surface area contributed by atoms with E-state index in [1.54, 1.807) is 17.4 Å². The van der Waals surface area contributed by atoms with Gasteiger partial charge in [0.15, 0.2) is 11.5 Å². The van der Waals surface area contributed by atoms with Gasteiger partial charge in [0.25, 0.3) is 0 Å². The van der Waals surface area contributed by atoms with Crippen LogP contribution in [0.2, 0.25) is 0 Å². The van der Waals surface area contributed by atoms with Crippen LogP contribution in [0.15, 0.2) is 26.5 Å². The number of nitrogen functional groups attached to an aromatic ring is 1. The van der Waals surface area contributed by atoms with Gasteiger partial charge in [-0.3, -0.25) is 0 Å². The quantitative estimate of drug-likeness (QED) is 0.681. The van der Waals surface area contributed by atoms with Crippen molar-refractivity contribution in [3.63, 3.8) is 0 Å². The van der Waals surface area contributed by atoms with Crippen molar-refractivity contribution < 1.29 is 0 Å². The zero-order chi connectivity index (χ0) is 12.0. The summed E-state index contributed by atoms with van der Waals surface area (Å²) in [6.45, 7) is 0. The molecule has 0 unspecified atom stereocenters. The lowest BCUT2D eigenvalue weighted by Gasteiger charge is -1.88. The molecule has 0 spiro atoms. The minimum atomic E-state index is 0.476. The van der Waals surface area contributed by atoms with Gasteiger partial charge in [-0.15, -0.1) is 11.3 Å². The fourth-order valence-corrected chi connectivity index (χ4v) is 3.47. The highest BCUT2D eigenvalue weighted by atomic mass is 79.9. The molecule has 3 aromatic heterocycles. The second-order valence-corrected chi connectivity index (χ2v) is 6.65. The molecule has 3 N–H and O–H groups in total. The van der Waals surface area contributed by atoms with E-state index in [1.165, 1.54) is 0 Å². The molecule has 0 aliphatic carbocycles. The third kappa shape index (κ3) is 1.98. The van der Waals surface area contributed by atoms with Crippen LogP contribution in [0.3, 0.4) is 0 Å². The highest BCUT2D eigenvalue weighted by molar-refractivity contribution is 9.13. The number of fused-ring (bicyclic) bond motifs is 1. The molecule has 0 saturated carbocycles. The van der Waals surface area contributed by atoms with E-state index >= 15 is 0 Å². The van der Waals surface area contributed by atoms with Crippen molar-refractivity contribution in [2.24, 2.45) is 0 Å². The number of nitrogens with two attached hydrogens (primary N) is 1. The predicted molar refractivity (Wildman–Crippen MR) is 77.0 cm³/mol. The van der Waals surface area contributed by atoms with Crippen molar-refractivity contribution in [2.45, 2.75) is 0 Å². The molecule has 7 heteroatoms. The topological polar surface area (TPSA) is 67.6 Å². The molecule has 0 atom stereocenters. The summed E-state index contributed by atoms with van der Waals surface area (Å²) in [6, 6.07) is 5.65. The second kappa shape index (κ2) is 4.08. The second-order valence-electron chi connectivity index (χ2n) is 3.42. The van der Waals surface area contributed by atoms with Crippen molar-refractivity contribution in [1.82, 2.24) is 15.0 Å². The monoisotopic (exact) mass is 372 g/mol. The first-order valence-corrected chi connectivity index (χ1v) is 7.11. The molecule has 3 aromatic rings. The Bertz CT molecular complexity index is 684. The maximum Gasteiger partial charge on any atom is 0.180 e. The Morgan fingerprint density at radius 1 is 1.24 bits per heavy atom. The number of halogens is 2. The summed E-state index contributed by atoms with van der Waals surface area (Å²) in [7, 11) is 0. The van der Waals surface area contributed by atoms with E-state index in [9.17, 15) is 0 Å². The Balaban J connectivity index is 2.17. The number of aromatic nitrogens is 3. The van der Waals surface area contributed by atoms with Gasteiger partial charge >= 0.3 is 0 Å². The highest BCUT2D eigenvalue weighted by Crippen LogP contribution is 2.37.